The maximum Gasteiger partial charge on any atom is 0.326 e. The Morgan fingerprint density at radius 2 is 0.791 bits per heavy atom. The van der Waals surface area contributed by atoms with Crippen molar-refractivity contribution in [1.29, 1.82) is 0 Å². The minimum atomic E-state index is -1.92. The van der Waals surface area contributed by atoms with Gasteiger partial charge in [-0.1, -0.05) is 134 Å². The first-order chi connectivity index (χ1) is 61.1. The summed E-state index contributed by atoms with van der Waals surface area (Å²) < 4.78 is 0. The number of phenolic OH excluding ortho intramolecular Hbond substituents is 1. The molecule has 0 radical (unpaired) electrons. The molecule has 3 heterocycles. The molecule has 2 aromatic heterocycles. The number of fused-ring (bicyclic) bond motifs is 2. The van der Waals surface area contributed by atoms with E-state index in [-0.39, 0.29) is 120 Å². The molecule has 7 rings (SSSR count). The largest absolute Gasteiger partial charge is 0.508 e. The Labute approximate surface area is 748 Å². The summed E-state index contributed by atoms with van der Waals surface area (Å²) in [7, 11) is 0. The van der Waals surface area contributed by atoms with Gasteiger partial charge in [-0.05, 0) is 155 Å². The van der Waals surface area contributed by atoms with Crippen molar-refractivity contribution < 1.29 is 102 Å². The van der Waals surface area contributed by atoms with Crippen molar-refractivity contribution >= 4 is 117 Å². The Kier molecular flexibility index (Phi) is 40.1. The standard InChI is InChI=1S/C91H127N17O21/c1-48(2)37-65(80(117)97-64(91(128)129)33-34-75(111)112)100-81(118)67(39-50(5)6)101-85(122)71(43-56-46-94-61-25-16-14-23-59(56)61)103-82(119)66(38-49(3)4)99-79(116)63(27-18-19-35-92)96-89(126)77(53(10)109)107-87(124)68(40-51(7)8)105-88(125)74-28-20-36-108(74)90(127)73(45-76(113)114)106-84(121)70(42-55-29-31-58(110)32-30-55)102-86(123)72(44-57-47-95-62-26-17-15-24-60(57)62)104-83(120)69(98-78(115)52(9)93)41-54-21-12-11-13-22-54/h11-17,21-26,29-32,46-53,63-74,77,94-95,109-110H,18-20,27-28,33-45,92-93H2,1-10H3,(H,96,126)(H,97,117)(H,98,115)(H,99,116)(H,100,118)(H,101,122)(H,102,123)(H,103,119)(H,104,120)(H,105,125)(H,106,121)(H,107,124)(H,111,112)(H,113,114)(H,128,129)/t52-,53+,63-,64-,65-,66-,67-,68-,69-,70-,71-,72-,73-,74-,77-/m0/s1. The summed E-state index contributed by atoms with van der Waals surface area (Å²) in [5.41, 5.74) is 15.3. The summed E-state index contributed by atoms with van der Waals surface area (Å²) in [6.07, 6.45) is -0.859. The smallest absolute Gasteiger partial charge is 0.326 e. The number of aliphatic hydroxyl groups is 1. The molecule has 23 N–H and O–H groups in total. The van der Waals surface area contributed by atoms with Gasteiger partial charge in [0, 0.05) is 72.8 Å². The fourth-order valence-electron chi connectivity index (χ4n) is 15.2. The van der Waals surface area contributed by atoms with Crippen LogP contribution in [0, 0.1) is 23.7 Å². The van der Waals surface area contributed by atoms with Crippen molar-refractivity contribution in [2.75, 3.05) is 13.1 Å². The average Bonchev–Trinajstić information content (AvgIpc) is 1.69. The number of benzene rings is 4. The summed E-state index contributed by atoms with van der Waals surface area (Å²) in [5.74, 6) is -17.7. The van der Waals surface area contributed by atoms with E-state index in [0.29, 0.717) is 50.5 Å². The lowest BCUT2D eigenvalue weighted by Crippen LogP contribution is -2.62. The molecule has 15 atom stereocenters. The Balaban J connectivity index is 1.09. The molecule has 38 heteroatoms. The normalized spacial score (nSPS) is 15.9. The van der Waals surface area contributed by atoms with Gasteiger partial charge in [-0.3, -0.25) is 71.9 Å². The molecule has 1 aliphatic rings. The number of aromatic nitrogens is 2. The molecule has 0 bridgehead atoms. The number of aliphatic carboxylic acids is 3. The molecule has 38 nitrogen and oxygen atoms in total. The molecule has 1 fully saturated rings. The van der Waals surface area contributed by atoms with Crippen LogP contribution in [0.2, 0.25) is 0 Å². The number of aromatic amines is 2. The van der Waals surface area contributed by atoms with Crippen molar-refractivity contribution in [3.8, 4) is 5.75 Å². The van der Waals surface area contributed by atoms with Gasteiger partial charge in [-0.2, -0.15) is 0 Å². The summed E-state index contributed by atoms with van der Waals surface area (Å²) in [6, 6.07) is 7.63. The molecule has 6 aromatic rings. The fourth-order valence-corrected chi connectivity index (χ4v) is 15.2. The molecule has 0 aliphatic carbocycles. The molecule has 1 aliphatic heterocycles. The van der Waals surface area contributed by atoms with Gasteiger partial charge < -0.3 is 116 Å². The predicted octanol–water partition coefficient (Wildman–Crippen LogP) is 1.90. The van der Waals surface area contributed by atoms with Gasteiger partial charge in [0.25, 0.3) is 0 Å². The Hall–Kier alpha value is -12.8. The highest BCUT2D eigenvalue weighted by molar-refractivity contribution is 6.02. The molecule has 13 amide bonds. The number of nitrogens with zero attached hydrogens (tertiary/aromatic N) is 1. The number of aromatic hydroxyl groups is 1. The summed E-state index contributed by atoms with van der Waals surface area (Å²) in [4.78, 5) is 234. The number of carbonyl (C=O) groups is 16. The average molecular weight is 1800 g/mol. The van der Waals surface area contributed by atoms with Crippen molar-refractivity contribution in [2.45, 2.75) is 263 Å². The third-order valence-corrected chi connectivity index (χ3v) is 21.9. The molecule has 0 saturated carbocycles. The SMILES string of the molecule is CC(C)C[C@H](NC(=O)[C@H](CC(C)C)NC(=O)[C@H](Cc1c[nH]c2ccccc12)NC(=O)[C@H](CC(C)C)NC(=O)[C@H](CCCCN)NC(=O)[C@@H](NC(=O)[C@H](CC(C)C)NC(=O)[C@@H]1CCCN1C(=O)[C@H](CC(=O)O)NC(=O)[C@H](Cc1ccc(O)cc1)NC(=O)[C@H](Cc1c[nH]c2ccccc12)NC(=O)[C@H](Cc1ccccc1)NC(=O)[C@H](C)N)[C@@H](C)O)C(=O)N[C@@H](CCC(=O)O)C(=O)O. The van der Waals surface area contributed by atoms with E-state index in [0.717, 1.165) is 4.90 Å². The van der Waals surface area contributed by atoms with E-state index in [9.17, 15) is 83.1 Å². The van der Waals surface area contributed by atoms with Gasteiger partial charge in [0.1, 0.15) is 84.3 Å². The highest BCUT2D eigenvalue weighted by atomic mass is 16.4. The number of carbonyl (C=O) groups excluding carboxylic acids is 13. The summed E-state index contributed by atoms with van der Waals surface area (Å²) in [6.45, 7) is 16.6. The first kappa shape index (κ1) is 103. The van der Waals surface area contributed by atoms with Crippen LogP contribution in [-0.4, -0.2) is 239 Å². The van der Waals surface area contributed by atoms with Crippen LogP contribution >= 0.6 is 0 Å². The number of hydrogen-bond donors (Lipinski definition) is 21. The Bertz CT molecular complexity index is 4860. The van der Waals surface area contributed by atoms with Crippen molar-refractivity contribution in [3.63, 3.8) is 0 Å². The number of aliphatic hydroxyl groups excluding tert-OH is 1. The zero-order chi connectivity index (χ0) is 95.0. The lowest BCUT2D eigenvalue weighted by molar-refractivity contribution is -0.146. The number of rotatable bonds is 52. The highest BCUT2D eigenvalue weighted by Crippen LogP contribution is 2.26. The van der Waals surface area contributed by atoms with Crippen molar-refractivity contribution in [3.05, 3.63) is 138 Å². The van der Waals surface area contributed by atoms with Crippen molar-refractivity contribution in [1.82, 2.24) is 78.7 Å². The molecule has 4 aromatic carbocycles. The van der Waals surface area contributed by atoms with Crippen molar-refractivity contribution in [2.24, 2.45) is 35.1 Å². The second-order valence-corrected chi connectivity index (χ2v) is 34.7. The topological polar surface area (TPSA) is 605 Å². The number of likely N-dealkylation sites (tertiary alicyclic amines) is 1. The lowest BCUT2D eigenvalue weighted by Gasteiger charge is -2.31. The van der Waals surface area contributed by atoms with E-state index in [1.54, 1.807) is 147 Å². The van der Waals surface area contributed by atoms with Gasteiger partial charge in [0.05, 0.1) is 18.6 Å². The maximum atomic E-state index is 15.1. The number of phenols is 1. The van der Waals surface area contributed by atoms with Crippen LogP contribution in [0.3, 0.4) is 0 Å². The number of unbranched alkanes of at least 4 members (excludes halogenated alkanes) is 1. The van der Waals surface area contributed by atoms with Crippen LogP contribution in [0.4, 0.5) is 0 Å². The highest BCUT2D eigenvalue weighted by Gasteiger charge is 2.43. The van der Waals surface area contributed by atoms with Gasteiger partial charge in [0.15, 0.2) is 0 Å². The molecular weight excluding hydrogens is 1670 g/mol. The number of nitrogens with two attached hydrogens (primary N) is 2. The van der Waals surface area contributed by atoms with E-state index in [1.165, 1.54) is 38.1 Å². The molecular formula is C91H127N17O21. The minimum absolute atomic E-state index is 0.0000101. The van der Waals surface area contributed by atoms with E-state index in [2.05, 4.69) is 73.8 Å². The number of para-hydroxylation sites is 2. The van der Waals surface area contributed by atoms with Crippen LogP contribution in [0.15, 0.2) is 116 Å². The number of hydrogen-bond acceptors (Lipinski definition) is 20. The van der Waals surface area contributed by atoms with E-state index in [1.807, 2.05) is 0 Å². The van der Waals surface area contributed by atoms with Crippen LogP contribution in [0.5, 0.6) is 5.75 Å². The van der Waals surface area contributed by atoms with E-state index >= 15 is 19.2 Å². The lowest BCUT2D eigenvalue weighted by atomic mass is 9.98. The predicted molar refractivity (Wildman–Crippen MR) is 477 cm³/mol. The number of H-pyrrole nitrogens is 2. The van der Waals surface area contributed by atoms with Crippen LogP contribution < -0.4 is 75.3 Å². The van der Waals surface area contributed by atoms with Crippen LogP contribution in [-0.2, 0) is 102 Å². The molecule has 129 heavy (non-hydrogen) atoms. The summed E-state index contributed by atoms with van der Waals surface area (Å²) in [5, 5.41) is 84.2. The molecule has 0 unspecified atom stereocenters. The third kappa shape index (κ3) is 32.5. The molecule has 1 saturated heterocycles. The van der Waals surface area contributed by atoms with Crippen LogP contribution in [0.1, 0.15) is 169 Å². The monoisotopic (exact) mass is 1790 g/mol. The second-order valence-electron chi connectivity index (χ2n) is 34.7. The van der Waals surface area contributed by atoms with Gasteiger partial charge in [-0.25, -0.2) is 4.79 Å². The second kappa shape index (κ2) is 50.1. The molecule has 0 spiro atoms. The quantitative estimate of drug-likeness (QED) is 0.0242. The van der Waals surface area contributed by atoms with Gasteiger partial charge >= 0.3 is 17.9 Å². The third-order valence-electron chi connectivity index (χ3n) is 21.9. The van der Waals surface area contributed by atoms with E-state index < -0.39 is 205 Å². The summed E-state index contributed by atoms with van der Waals surface area (Å²) >= 11 is 0. The van der Waals surface area contributed by atoms with Crippen LogP contribution in [0.25, 0.3) is 21.8 Å². The number of carboxylic acid groups (broad SMARTS) is 3. The fraction of sp³-hybridized carbons (Fsp3) is 0.516. The minimum Gasteiger partial charge on any atom is -0.508 e. The number of nitrogens with one attached hydrogen (secondary N) is 14. The molecule has 702 valence electrons. The zero-order valence-electron chi connectivity index (χ0n) is 74.5. The number of carboxylic acids is 3. The zero-order valence-corrected chi connectivity index (χ0v) is 74.5. The van der Waals surface area contributed by atoms with Gasteiger partial charge in [0.2, 0.25) is 76.8 Å². The first-order valence-corrected chi connectivity index (χ1v) is 43.8. The maximum absolute atomic E-state index is 15.1. The Morgan fingerprint density at radius 3 is 1.22 bits per heavy atom. The Morgan fingerprint density at radius 1 is 0.411 bits per heavy atom. The van der Waals surface area contributed by atoms with Gasteiger partial charge in [-0.15, -0.1) is 0 Å². The van der Waals surface area contributed by atoms with E-state index in [4.69, 9.17) is 11.5 Å². The number of amides is 13. The first-order valence-electron chi connectivity index (χ1n) is 43.8.